The summed E-state index contributed by atoms with van der Waals surface area (Å²) in [5.41, 5.74) is 0. The molecule has 1 atom stereocenters. The molecule has 0 saturated heterocycles. The second-order valence-corrected chi connectivity index (χ2v) is 3.92. The number of nitrogens with one attached hydrogen (secondary N) is 1. The minimum atomic E-state index is 0.742. The van der Waals surface area contributed by atoms with Crippen LogP contribution in [0.3, 0.4) is 0 Å². The smallest absolute Gasteiger partial charge is 0.0214 e. The lowest BCUT2D eigenvalue weighted by atomic mass is 10.1. The molecule has 0 aromatic rings. The molecule has 0 bridgehead atoms. The van der Waals surface area contributed by atoms with Gasteiger partial charge in [0, 0.05) is 19.0 Å². The van der Waals surface area contributed by atoms with Crippen LogP contribution in [0.1, 0.15) is 46.0 Å². The second-order valence-electron chi connectivity index (χ2n) is 3.92. The summed E-state index contributed by atoms with van der Waals surface area (Å²) in [6, 6.07) is 0.742. The Hall–Kier alpha value is -0.480. The minimum absolute atomic E-state index is 0.742. The first-order valence-electron chi connectivity index (χ1n) is 5.49. The molecule has 0 aromatic heterocycles. The van der Waals surface area contributed by atoms with E-state index in [2.05, 4.69) is 24.1 Å². The van der Waals surface area contributed by atoms with Crippen molar-refractivity contribution in [2.75, 3.05) is 6.54 Å². The van der Waals surface area contributed by atoms with Crippen molar-refractivity contribution in [3.63, 3.8) is 0 Å². The monoisotopic (exact) mass is 179 g/mol. The predicted octanol–water partition coefficient (Wildman–Crippen LogP) is 2.57. The molecular weight excluding hydrogens is 158 g/mol. The standard InChI is InChI=1S/C12H21N/c1-3-5-6-9-13-12(4-2)10-11-7-8-11/h11-13H,4,6-10H2,1-2H3. The first-order valence-corrected chi connectivity index (χ1v) is 5.49. The third kappa shape index (κ3) is 4.95. The fourth-order valence-electron chi connectivity index (χ4n) is 1.61. The van der Waals surface area contributed by atoms with Crippen LogP contribution < -0.4 is 5.32 Å². The van der Waals surface area contributed by atoms with Crippen molar-refractivity contribution in [1.82, 2.24) is 5.32 Å². The van der Waals surface area contributed by atoms with Crippen LogP contribution in [0.5, 0.6) is 0 Å². The van der Waals surface area contributed by atoms with Crippen LogP contribution in [0.25, 0.3) is 0 Å². The molecule has 1 saturated carbocycles. The molecular formula is C12H21N. The molecule has 1 unspecified atom stereocenters. The zero-order valence-corrected chi connectivity index (χ0v) is 8.90. The molecule has 0 radical (unpaired) electrons. The van der Waals surface area contributed by atoms with Gasteiger partial charge in [-0.15, -0.1) is 11.8 Å². The van der Waals surface area contributed by atoms with E-state index in [0.717, 1.165) is 24.9 Å². The van der Waals surface area contributed by atoms with Gasteiger partial charge in [0.2, 0.25) is 0 Å². The molecule has 0 aromatic carbocycles. The highest BCUT2D eigenvalue weighted by atomic mass is 14.9. The van der Waals surface area contributed by atoms with Gasteiger partial charge < -0.3 is 5.32 Å². The molecule has 1 nitrogen and oxygen atoms in total. The van der Waals surface area contributed by atoms with Crippen molar-refractivity contribution >= 4 is 0 Å². The lowest BCUT2D eigenvalue weighted by Gasteiger charge is -2.15. The highest BCUT2D eigenvalue weighted by Crippen LogP contribution is 2.33. The molecule has 1 fully saturated rings. The van der Waals surface area contributed by atoms with Crippen LogP contribution in [-0.2, 0) is 0 Å². The van der Waals surface area contributed by atoms with Crippen molar-refractivity contribution in [3.8, 4) is 11.8 Å². The van der Waals surface area contributed by atoms with Gasteiger partial charge in [0.15, 0.2) is 0 Å². The van der Waals surface area contributed by atoms with E-state index in [1.807, 2.05) is 6.92 Å². The van der Waals surface area contributed by atoms with E-state index in [1.165, 1.54) is 25.7 Å². The SMILES string of the molecule is CC#CCCNC(CC)CC1CC1. The number of hydrogen-bond acceptors (Lipinski definition) is 1. The van der Waals surface area contributed by atoms with E-state index >= 15 is 0 Å². The molecule has 0 amide bonds. The fraction of sp³-hybridized carbons (Fsp3) is 0.833. The Morgan fingerprint density at radius 2 is 2.23 bits per heavy atom. The van der Waals surface area contributed by atoms with Gasteiger partial charge in [0.1, 0.15) is 0 Å². The molecule has 1 aliphatic rings. The Kier molecular flexibility index (Phi) is 4.93. The summed E-state index contributed by atoms with van der Waals surface area (Å²) in [4.78, 5) is 0. The maximum absolute atomic E-state index is 3.57. The first-order chi connectivity index (χ1) is 6.36. The van der Waals surface area contributed by atoms with Crippen molar-refractivity contribution < 1.29 is 0 Å². The van der Waals surface area contributed by atoms with Gasteiger partial charge in [-0.25, -0.2) is 0 Å². The lowest BCUT2D eigenvalue weighted by Crippen LogP contribution is -2.29. The average molecular weight is 179 g/mol. The van der Waals surface area contributed by atoms with E-state index in [-0.39, 0.29) is 0 Å². The largest absolute Gasteiger partial charge is 0.313 e. The van der Waals surface area contributed by atoms with Crippen molar-refractivity contribution in [2.24, 2.45) is 5.92 Å². The molecule has 74 valence electrons. The van der Waals surface area contributed by atoms with Gasteiger partial charge >= 0.3 is 0 Å². The van der Waals surface area contributed by atoms with E-state index < -0.39 is 0 Å². The van der Waals surface area contributed by atoms with Crippen LogP contribution in [-0.4, -0.2) is 12.6 Å². The summed E-state index contributed by atoms with van der Waals surface area (Å²) in [6.45, 7) is 5.24. The normalized spacial score (nSPS) is 17.7. The molecule has 1 heteroatoms. The van der Waals surface area contributed by atoms with Gasteiger partial charge in [0.05, 0.1) is 0 Å². The predicted molar refractivity (Wildman–Crippen MR) is 57.5 cm³/mol. The van der Waals surface area contributed by atoms with E-state index in [9.17, 15) is 0 Å². The molecule has 1 N–H and O–H groups in total. The summed E-state index contributed by atoms with van der Waals surface area (Å²) >= 11 is 0. The third-order valence-electron chi connectivity index (χ3n) is 2.67. The molecule has 0 aliphatic heterocycles. The summed E-state index contributed by atoms with van der Waals surface area (Å²) < 4.78 is 0. The van der Waals surface area contributed by atoms with E-state index in [4.69, 9.17) is 0 Å². The summed E-state index contributed by atoms with van der Waals surface area (Å²) in [6.07, 6.45) is 6.57. The van der Waals surface area contributed by atoms with Crippen LogP contribution >= 0.6 is 0 Å². The molecule has 0 spiro atoms. The van der Waals surface area contributed by atoms with E-state index in [1.54, 1.807) is 0 Å². The van der Waals surface area contributed by atoms with Gasteiger partial charge in [-0.05, 0) is 25.7 Å². The van der Waals surface area contributed by atoms with Crippen molar-refractivity contribution in [3.05, 3.63) is 0 Å². The van der Waals surface area contributed by atoms with Gasteiger partial charge in [0.25, 0.3) is 0 Å². The third-order valence-corrected chi connectivity index (χ3v) is 2.67. The second kappa shape index (κ2) is 6.05. The van der Waals surface area contributed by atoms with Crippen LogP contribution in [0.4, 0.5) is 0 Å². The molecule has 13 heavy (non-hydrogen) atoms. The Morgan fingerprint density at radius 3 is 2.77 bits per heavy atom. The topological polar surface area (TPSA) is 12.0 Å². The van der Waals surface area contributed by atoms with E-state index in [0.29, 0.717) is 0 Å². The Balaban J connectivity index is 2.03. The molecule has 0 heterocycles. The van der Waals surface area contributed by atoms with Crippen LogP contribution in [0, 0.1) is 17.8 Å². The van der Waals surface area contributed by atoms with Gasteiger partial charge in [-0.3, -0.25) is 0 Å². The zero-order valence-electron chi connectivity index (χ0n) is 8.90. The Labute approximate surface area is 82.3 Å². The Morgan fingerprint density at radius 1 is 1.46 bits per heavy atom. The van der Waals surface area contributed by atoms with Crippen LogP contribution in [0.15, 0.2) is 0 Å². The quantitative estimate of drug-likeness (QED) is 0.488. The molecule has 1 rings (SSSR count). The fourth-order valence-corrected chi connectivity index (χ4v) is 1.61. The lowest BCUT2D eigenvalue weighted by molar-refractivity contribution is 0.451. The van der Waals surface area contributed by atoms with Crippen molar-refractivity contribution in [2.45, 2.75) is 52.0 Å². The number of rotatable bonds is 6. The average Bonchev–Trinajstić information content (AvgIpc) is 2.94. The first kappa shape index (κ1) is 10.6. The highest BCUT2D eigenvalue weighted by molar-refractivity contribution is 4.95. The van der Waals surface area contributed by atoms with Gasteiger partial charge in [-0.1, -0.05) is 19.8 Å². The minimum Gasteiger partial charge on any atom is -0.313 e. The maximum atomic E-state index is 3.57. The number of hydrogen-bond donors (Lipinski definition) is 1. The van der Waals surface area contributed by atoms with Crippen molar-refractivity contribution in [1.29, 1.82) is 0 Å². The summed E-state index contributed by atoms with van der Waals surface area (Å²) in [5, 5.41) is 3.57. The van der Waals surface area contributed by atoms with Crippen LogP contribution in [0.2, 0.25) is 0 Å². The zero-order chi connectivity index (χ0) is 9.52. The maximum Gasteiger partial charge on any atom is 0.0214 e. The summed E-state index contributed by atoms with van der Waals surface area (Å²) in [7, 11) is 0. The summed E-state index contributed by atoms with van der Waals surface area (Å²) in [5.74, 6) is 7.04. The van der Waals surface area contributed by atoms with Gasteiger partial charge in [-0.2, -0.15) is 0 Å². The molecule has 1 aliphatic carbocycles. The highest BCUT2D eigenvalue weighted by Gasteiger charge is 2.24. The Bertz CT molecular complexity index is 183.